The van der Waals surface area contributed by atoms with Gasteiger partial charge in [0.15, 0.2) is 11.5 Å². The van der Waals surface area contributed by atoms with Crippen molar-refractivity contribution in [2.45, 2.75) is 26.8 Å². The van der Waals surface area contributed by atoms with E-state index in [0.717, 1.165) is 15.8 Å². The number of rotatable bonds is 4. The second-order valence-corrected chi connectivity index (χ2v) is 7.31. The molecule has 0 saturated carbocycles. The molecule has 3 heterocycles. The van der Waals surface area contributed by atoms with E-state index in [9.17, 15) is 4.79 Å². The van der Waals surface area contributed by atoms with Gasteiger partial charge in [-0.2, -0.15) is 0 Å². The van der Waals surface area contributed by atoms with E-state index < -0.39 is 6.04 Å². The first-order valence-electron chi connectivity index (χ1n) is 8.20. The number of ether oxygens (including phenoxy) is 2. The Morgan fingerprint density at radius 2 is 2.04 bits per heavy atom. The highest BCUT2D eigenvalue weighted by Gasteiger charge is 2.19. The van der Waals surface area contributed by atoms with Crippen molar-refractivity contribution in [2.24, 2.45) is 0 Å². The summed E-state index contributed by atoms with van der Waals surface area (Å²) in [6.45, 7) is 6.10. The van der Waals surface area contributed by atoms with Crippen LogP contribution in [0.25, 0.3) is 10.2 Å². The molecule has 0 saturated heterocycles. The van der Waals surface area contributed by atoms with Gasteiger partial charge in [0.25, 0.3) is 0 Å². The molecule has 1 aromatic carbocycles. The second kappa shape index (κ2) is 6.45. The molecule has 4 rings (SSSR count). The molecule has 1 atom stereocenters. The van der Waals surface area contributed by atoms with Crippen LogP contribution in [0.2, 0.25) is 0 Å². The largest absolute Gasteiger partial charge is 0.454 e. The molecular weight excluding hydrogens is 352 g/mol. The van der Waals surface area contributed by atoms with Gasteiger partial charge in [0.05, 0.1) is 5.39 Å². The van der Waals surface area contributed by atoms with Crippen molar-refractivity contribution in [2.75, 3.05) is 17.4 Å². The number of carbonyl (C=O) groups is 1. The molecular formula is C18H18N4O3S. The summed E-state index contributed by atoms with van der Waals surface area (Å²) in [7, 11) is 0. The Morgan fingerprint density at radius 3 is 2.88 bits per heavy atom. The number of amides is 1. The highest BCUT2D eigenvalue weighted by Crippen LogP contribution is 2.35. The molecule has 8 heteroatoms. The standard InChI is InChI=1S/C18H18N4O3S/c1-9-11(3)26-18-15(9)16(19-7-20-18)21-10(2)17(23)22-12-4-5-13-14(6-12)25-8-24-13/h4-7,10H,8H2,1-3H3,(H,22,23)(H,19,20,21). The molecule has 0 aliphatic carbocycles. The average molecular weight is 370 g/mol. The van der Waals surface area contributed by atoms with Gasteiger partial charge in [-0.1, -0.05) is 0 Å². The Bertz CT molecular complexity index is 1000. The first-order chi connectivity index (χ1) is 12.5. The number of nitrogens with zero attached hydrogens (tertiary/aromatic N) is 2. The third-order valence-electron chi connectivity index (χ3n) is 4.35. The SMILES string of the molecule is Cc1sc2ncnc(NC(C)C(=O)Nc3ccc4c(c3)OCO4)c2c1C. The number of benzene rings is 1. The van der Waals surface area contributed by atoms with Gasteiger partial charge in [-0.05, 0) is 38.5 Å². The number of thiophene rings is 1. The van der Waals surface area contributed by atoms with Gasteiger partial charge in [0.1, 0.15) is 23.0 Å². The van der Waals surface area contributed by atoms with Crippen molar-refractivity contribution in [3.05, 3.63) is 35.0 Å². The molecule has 26 heavy (non-hydrogen) atoms. The number of hydrogen-bond donors (Lipinski definition) is 2. The lowest BCUT2D eigenvalue weighted by molar-refractivity contribution is -0.116. The number of fused-ring (bicyclic) bond motifs is 2. The van der Waals surface area contributed by atoms with E-state index in [0.29, 0.717) is 23.0 Å². The van der Waals surface area contributed by atoms with Crippen LogP contribution >= 0.6 is 11.3 Å². The van der Waals surface area contributed by atoms with Crippen molar-refractivity contribution in [3.8, 4) is 11.5 Å². The van der Waals surface area contributed by atoms with E-state index in [-0.39, 0.29) is 12.7 Å². The minimum absolute atomic E-state index is 0.166. The van der Waals surface area contributed by atoms with Gasteiger partial charge in [-0.15, -0.1) is 11.3 Å². The molecule has 1 aliphatic heterocycles. The molecule has 1 aliphatic rings. The summed E-state index contributed by atoms with van der Waals surface area (Å²) < 4.78 is 10.6. The zero-order valence-electron chi connectivity index (χ0n) is 14.6. The second-order valence-electron chi connectivity index (χ2n) is 6.11. The zero-order chi connectivity index (χ0) is 18.3. The summed E-state index contributed by atoms with van der Waals surface area (Å²) in [6, 6.07) is 4.84. The van der Waals surface area contributed by atoms with Crippen molar-refractivity contribution in [1.82, 2.24) is 9.97 Å². The van der Waals surface area contributed by atoms with Gasteiger partial charge in [-0.3, -0.25) is 4.79 Å². The van der Waals surface area contributed by atoms with Crippen molar-refractivity contribution in [3.63, 3.8) is 0 Å². The average Bonchev–Trinajstić information content (AvgIpc) is 3.19. The predicted molar refractivity (Wildman–Crippen MR) is 101 cm³/mol. The maximum Gasteiger partial charge on any atom is 0.246 e. The molecule has 2 N–H and O–H groups in total. The maximum absolute atomic E-state index is 12.6. The first-order valence-corrected chi connectivity index (χ1v) is 9.02. The normalized spacial score (nSPS) is 13.7. The minimum Gasteiger partial charge on any atom is -0.454 e. The molecule has 7 nitrogen and oxygen atoms in total. The topological polar surface area (TPSA) is 85.4 Å². The lowest BCUT2D eigenvalue weighted by atomic mass is 10.2. The van der Waals surface area contributed by atoms with Crippen molar-refractivity contribution in [1.29, 1.82) is 0 Å². The number of hydrogen-bond acceptors (Lipinski definition) is 7. The van der Waals surface area contributed by atoms with Crippen LogP contribution in [0, 0.1) is 13.8 Å². The lowest BCUT2D eigenvalue weighted by Crippen LogP contribution is -2.32. The van der Waals surface area contributed by atoms with Crippen molar-refractivity contribution >= 4 is 39.0 Å². The van der Waals surface area contributed by atoms with Crippen LogP contribution < -0.4 is 20.1 Å². The van der Waals surface area contributed by atoms with Crippen LogP contribution in [-0.2, 0) is 4.79 Å². The highest BCUT2D eigenvalue weighted by atomic mass is 32.1. The summed E-state index contributed by atoms with van der Waals surface area (Å²) in [6.07, 6.45) is 1.52. The molecule has 0 spiro atoms. The predicted octanol–water partition coefficient (Wildman–Crippen LogP) is 3.48. The highest BCUT2D eigenvalue weighted by molar-refractivity contribution is 7.18. The van der Waals surface area contributed by atoms with E-state index in [1.54, 1.807) is 36.5 Å². The van der Waals surface area contributed by atoms with E-state index in [1.807, 2.05) is 6.92 Å². The Kier molecular flexibility index (Phi) is 4.12. The van der Waals surface area contributed by atoms with E-state index >= 15 is 0 Å². The molecule has 2 aromatic heterocycles. The van der Waals surface area contributed by atoms with E-state index in [1.165, 1.54) is 11.2 Å². The fourth-order valence-corrected chi connectivity index (χ4v) is 3.78. The fraction of sp³-hybridized carbons (Fsp3) is 0.278. The smallest absolute Gasteiger partial charge is 0.246 e. The Morgan fingerprint density at radius 1 is 1.23 bits per heavy atom. The molecule has 0 radical (unpaired) electrons. The molecule has 134 valence electrons. The van der Waals surface area contributed by atoms with Crippen molar-refractivity contribution < 1.29 is 14.3 Å². The van der Waals surface area contributed by atoms with Crippen LogP contribution in [0.5, 0.6) is 11.5 Å². The number of nitrogens with one attached hydrogen (secondary N) is 2. The minimum atomic E-state index is -0.474. The van der Waals surface area contributed by atoms with Gasteiger partial charge < -0.3 is 20.1 Å². The summed E-state index contributed by atoms with van der Waals surface area (Å²) in [5.74, 6) is 1.82. The van der Waals surface area contributed by atoms with Crippen LogP contribution in [0.15, 0.2) is 24.5 Å². The summed E-state index contributed by atoms with van der Waals surface area (Å²) in [5, 5.41) is 7.05. The van der Waals surface area contributed by atoms with Gasteiger partial charge >= 0.3 is 0 Å². The van der Waals surface area contributed by atoms with Crippen LogP contribution in [0.1, 0.15) is 17.4 Å². The number of aromatic nitrogens is 2. The third kappa shape index (κ3) is 2.92. The molecule has 0 fully saturated rings. The van der Waals surface area contributed by atoms with Crippen LogP contribution in [-0.4, -0.2) is 28.7 Å². The summed E-state index contributed by atoms with van der Waals surface area (Å²) >= 11 is 1.62. The Labute approximate surface area is 154 Å². The van der Waals surface area contributed by atoms with Gasteiger partial charge in [0, 0.05) is 16.6 Å². The number of carbonyl (C=O) groups excluding carboxylic acids is 1. The summed E-state index contributed by atoms with van der Waals surface area (Å²) in [5.41, 5.74) is 1.79. The fourth-order valence-electron chi connectivity index (χ4n) is 2.79. The van der Waals surface area contributed by atoms with Crippen LogP contribution in [0.3, 0.4) is 0 Å². The monoisotopic (exact) mass is 370 g/mol. The van der Waals surface area contributed by atoms with Gasteiger partial charge in [-0.25, -0.2) is 9.97 Å². The summed E-state index contributed by atoms with van der Waals surface area (Å²) in [4.78, 5) is 23.3. The zero-order valence-corrected chi connectivity index (χ0v) is 15.4. The molecule has 3 aromatic rings. The molecule has 1 unspecified atom stereocenters. The molecule has 0 bridgehead atoms. The number of anilines is 2. The van der Waals surface area contributed by atoms with Gasteiger partial charge in [0.2, 0.25) is 12.7 Å². The van der Waals surface area contributed by atoms with E-state index in [4.69, 9.17) is 9.47 Å². The lowest BCUT2D eigenvalue weighted by Gasteiger charge is -2.15. The van der Waals surface area contributed by atoms with E-state index in [2.05, 4.69) is 27.5 Å². The first kappa shape index (κ1) is 16.6. The Hall–Kier alpha value is -2.87. The molecule has 1 amide bonds. The third-order valence-corrected chi connectivity index (χ3v) is 5.47. The number of aryl methyl sites for hydroxylation is 2. The van der Waals surface area contributed by atoms with Crippen LogP contribution in [0.4, 0.5) is 11.5 Å². The maximum atomic E-state index is 12.6. The quantitative estimate of drug-likeness (QED) is 0.731. The Balaban J connectivity index is 1.51.